The molecule has 0 fully saturated rings. The summed E-state index contributed by atoms with van der Waals surface area (Å²) in [5.41, 5.74) is 3.15. The Kier molecular flexibility index (Phi) is 7.66. The van der Waals surface area contributed by atoms with Crippen molar-refractivity contribution in [2.24, 2.45) is 0 Å². The lowest BCUT2D eigenvalue weighted by molar-refractivity contribution is -0.117. The van der Waals surface area contributed by atoms with Gasteiger partial charge >= 0.3 is 0 Å². The third-order valence-electron chi connectivity index (χ3n) is 5.20. The fourth-order valence-electron chi connectivity index (χ4n) is 3.37. The molecule has 33 heavy (non-hydrogen) atoms. The normalized spacial score (nSPS) is 11.3. The van der Waals surface area contributed by atoms with Crippen LogP contribution in [0.4, 0.5) is 5.82 Å². The molecular weight excluding hydrogens is 416 g/mol. The largest absolute Gasteiger partial charge is 0.383 e. The van der Waals surface area contributed by atoms with Crippen LogP contribution in [0.5, 0.6) is 0 Å². The molecule has 0 saturated carbocycles. The maximum atomic E-state index is 13.0. The molecule has 7 nitrogen and oxygen atoms in total. The van der Waals surface area contributed by atoms with Gasteiger partial charge in [-0.1, -0.05) is 51.1 Å². The van der Waals surface area contributed by atoms with Crippen LogP contribution >= 0.6 is 0 Å². The van der Waals surface area contributed by atoms with E-state index in [0.29, 0.717) is 24.5 Å². The Balaban J connectivity index is 1.85. The molecule has 2 aromatic carbocycles. The zero-order chi connectivity index (χ0) is 24.0. The highest BCUT2D eigenvalue weighted by Gasteiger charge is 2.23. The van der Waals surface area contributed by atoms with Crippen molar-refractivity contribution in [1.29, 1.82) is 0 Å². The molecular formula is C26H32N4O3. The predicted octanol–water partition coefficient (Wildman–Crippen LogP) is 4.21. The molecule has 1 heterocycles. The Morgan fingerprint density at radius 3 is 2.42 bits per heavy atom. The van der Waals surface area contributed by atoms with Gasteiger partial charge in [0.05, 0.1) is 18.0 Å². The molecule has 0 spiro atoms. The molecule has 0 unspecified atom stereocenters. The average molecular weight is 449 g/mol. The van der Waals surface area contributed by atoms with Crippen LogP contribution in [0.3, 0.4) is 0 Å². The van der Waals surface area contributed by atoms with E-state index in [9.17, 15) is 9.59 Å². The number of amides is 2. The molecule has 0 aliphatic heterocycles. The van der Waals surface area contributed by atoms with E-state index in [-0.39, 0.29) is 23.8 Å². The fraction of sp³-hybridized carbons (Fsp3) is 0.346. The lowest BCUT2D eigenvalue weighted by Gasteiger charge is -2.22. The van der Waals surface area contributed by atoms with E-state index < -0.39 is 0 Å². The monoisotopic (exact) mass is 448 g/mol. The summed E-state index contributed by atoms with van der Waals surface area (Å²) in [4.78, 5) is 27.5. The maximum absolute atomic E-state index is 13.0. The number of carbonyl (C=O) groups excluding carboxylic acids is 2. The SMILES string of the molecule is COCCN(CC(=O)Nc1cc(C(C)(C)C)nn1-c1cccc(C)c1)C(=O)c1ccccc1. The molecule has 0 radical (unpaired) electrons. The minimum Gasteiger partial charge on any atom is -0.383 e. The third kappa shape index (κ3) is 6.29. The fourth-order valence-corrected chi connectivity index (χ4v) is 3.37. The van der Waals surface area contributed by atoms with E-state index in [4.69, 9.17) is 9.84 Å². The van der Waals surface area contributed by atoms with E-state index in [0.717, 1.165) is 16.9 Å². The molecule has 1 aromatic heterocycles. The van der Waals surface area contributed by atoms with Crippen LogP contribution in [0.1, 0.15) is 42.4 Å². The predicted molar refractivity (Wildman–Crippen MR) is 130 cm³/mol. The van der Waals surface area contributed by atoms with Crippen molar-refractivity contribution in [1.82, 2.24) is 14.7 Å². The molecule has 2 amide bonds. The molecule has 0 saturated heterocycles. The molecule has 1 N–H and O–H groups in total. The number of aryl methyl sites for hydroxylation is 1. The van der Waals surface area contributed by atoms with Gasteiger partial charge in [-0.2, -0.15) is 5.10 Å². The van der Waals surface area contributed by atoms with Crippen LogP contribution in [0, 0.1) is 6.92 Å². The van der Waals surface area contributed by atoms with Crippen LogP contribution < -0.4 is 5.32 Å². The Morgan fingerprint density at radius 2 is 1.79 bits per heavy atom. The first-order valence-corrected chi connectivity index (χ1v) is 11.0. The van der Waals surface area contributed by atoms with Gasteiger partial charge in [0.2, 0.25) is 5.91 Å². The molecule has 3 rings (SSSR count). The summed E-state index contributed by atoms with van der Waals surface area (Å²) in [6.45, 7) is 8.79. The second kappa shape index (κ2) is 10.4. The molecule has 0 aliphatic rings. The first-order valence-electron chi connectivity index (χ1n) is 11.0. The van der Waals surface area contributed by atoms with E-state index in [1.165, 1.54) is 4.90 Å². The van der Waals surface area contributed by atoms with E-state index in [2.05, 4.69) is 26.1 Å². The number of nitrogens with one attached hydrogen (secondary N) is 1. The van der Waals surface area contributed by atoms with Gasteiger partial charge < -0.3 is 15.0 Å². The zero-order valence-corrected chi connectivity index (χ0v) is 20.0. The summed E-state index contributed by atoms with van der Waals surface area (Å²) in [6.07, 6.45) is 0. The number of hydrogen-bond donors (Lipinski definition) is 1. The summed E-state index contributed by atoms with van der Waals surface area (Å²) in [7, 11) is 1.57. The number of anilines is 1. The highest BCUT2D eigenvalue weighted by molar-refractivity contribution is 5.99. The highest BCUT2D eigenvalue weighted by atomic mass is 16.5. The summed E-state index contributed by atoms with van der Waals surface area (Å²) >= 11 is 0. The first-order chi connectivity index (χ1) is 15.7. The molecule has 0 atom stereocenters. The number of benzene rings is 2. The standard InChI is InChI=1S/C26H32N4O3/c1-19-10-9-13-21(16-19)30-23(17-22(28-30)26(2,3)4)27-24(31)18-29(14-15-33-5)25(32)20-11-7-6-8-12-20/h6-13,16-17H,14-15,18H2,1-5H3,(H,27,31). The van der Waals surface area contributed by atoms with Gasteiger partial charge in [0, 0.05) is 30.7 Å². The summed E-state index contributed by atoms with van der Waals surface area (Å²) in [5, 5.41) is 7.72. The van der Waals surface area contributed by atoms with Crippen molar-refractivity contribution in [3.63, 3.8) is 0 Å². The number of methoxy groups -OCH3 is 1. The van der Waals surface area contributed by atoms with Crippen molar-refractivity contribution in [3.05, 3.63) is 77.5 Å². The second-order valence-electron chi connectivity index (χ2n) is 9.05. The van der Waals surface area contributed by atoms with Crippen LogP contribution in [0.25, 0.3) is 5.69 Å². The third-order valence-corrected chi connectivity index (χ3v) is 5.20. The Labute approximate surface area is 195 Å². The van der Waals surface area contributed by atoms with Crippen molar-refractivity contribution >= 4 is 17.6 Å². The van der Waals surface area contributed by atoms with E-state index in [1.807, 2.05) is 43.3 Å². The number of ether oxygens (including phenoxy) is 1. The number of aromatic nitrogens is 2. The van der Waals surface area contributed by atoms with Crippen molar-refractivity contribution in [2.75, 3.05) is 32.1 Å². The van der Waals surface area contributed by atoms with Crippen molar-refractivity contribution in [3.8, 4) is 5.69 Å². The van der Waals surface area contributed by atoms with Gasteiger partial charge in [-0.25, -0.2) is 4.68 Å². The summed E-state index contributed by atoms with van der Waals surface area (Å²) in [6, 6.07) is 18.8. The second-order valence-corrected chi connectivity index (χ2v) is 9.05. The van der Waals surface area contributed by atoms with E-state index in [1.54, 1.807) is 36.1 Å². The van der Waals surface area contributed by atoms with Gasteiger partial charge in [0.15, 0.2) is 0 Å². The molecule has 174 valence electrons. The average Bonchev–Trinajstić information content (AvgIpc) is 3.21. The van der Waals surface area contributed by atoms with Crippen LogP contribution in [0.2, 0.25) is 0 Å². The lowest BCUT2D eigenvalue weighted by Crippen LogP contribution is -2.40. The van der Waals surface area contributed by atoms with Crippen LogP contribution in [-0.2, 0) is 14.9 Å². The molecule has 7 heteroatoms. The number of hydrogen-bond acceptors (Lipinski definition) is 4. The van der Waals surface area contributed by atoms with Gasteiger partial charge in [-0.05, 0) is 36.8 Å². The maximum Gasteiger partial charge on any atom is 0.254 e. The molecule has 0 bridgehead atoms. The minimum absolute atomic E-state index is 0.0963. The smallest absolute Gasteiger partial charge is 0.254 e. The van der Waals surface area contributed by atoms with Crippen LogP contribution in [-0.4, -0.2) is 53.3 Å². The Hall–Kier alpha value is -3.45. The van der Waals surface area contributed by atoms with Crippen molar-refractivity contribution in [2.45, 2.75) is 33.1 Å². The number of carbonyl (C=O) groups is 2. The Morgan fingerprint density at radius 1 is 1.06 bits per heavy atom. The first kappa shape index (κ1) is 24.2. The Bertz CT molecular complexity index is 1100. The topological polar surface area (TPSA) is 76.5 Å². The molecule has 0 aliphatic carbocycles. The highest BCUT2D eigenvalue weighted by Crippen LogP contribution is 2.26. The quantitative estimate of drug-likeness (QED) is 0.560. The zero-order valence-electron chi connectivity index (χ0n) is 20.0. The summed E-state index contributed by atoms with van der Waals surface area (Å²) in [5.74, 6) is 0.0457. The number of nitrogens with zero attached hydrogens (tertiary/aromatic N) is 3. The van der Waals surface area contributed by atoms with Gasteiger partial charge in [-0.15, -0.1) is 0 Å². The van der Waals surface area contributed by atoms with Gasteiger partial charge in [0.1, 0.15) is 12.4 Å². The van der Waals surface area contributed by atoms with E-state index >= 15 is 0 Å². The van der Waals surface area contributed by atoms with Gasteiger partial charge in [0.25, 0.3) is 5.91 Å². The summed E-state index contributed by atoms with van der Waals surface area (Å²) < 4.78 is 6.89. The molecule has 3 aromatic rings. The van der Waals surface area contributed by atoms with Crippen LogP contribution in [0.15, 0.2) is 60.7 Å². The lowest BCUT2D eigenvalue weighted by atomic mass is 9.92. The van der Waals surface area contributed by atoms with Crippen molar-refractivity contribution < 1.29 is 14.3 Å². The number of rotatable bonds is 8. The van der Waals surface area contributed by atoms with Gasteiger partial charge in [-0.3, -0.25) is 9.59 Å². The minimum atomic E-state index is -0.301.